The summed E-state index contributed by atoms with van der Waals surface area (Å²) in [5.41, 5.74) is 1.12. The van der Waals surface area contributed by atoms with Crippen LogP contribution in [0.25, 0.3) is 0 Å². The zero-order valence-electron chi connectivity index (χ0n) is 6.62. The Hall–Kier alpha value is -0.890. The van der Waals surface area contributed by atoms with Gasteiger partial charge in [-0.1, -0.05) is 0 Å². The Kier molecular flexibility index (Phi) is 2.82. The van der Waals surface area contributed by atoms with Gasteiger partial charge >= 0.3 is 0 Å². The molecule has 0 aromatic heterocycles. The van der Waals surface area contributed by atoms with Crippen molar-refractivity contribution in [3.8, 4) is 11.5 Å². The summed E-state index contributed by atoms with van der Waals surface area (Å²) in [6, 6.07) is 5.25. The zero-order valence-corrected chi connectivity index (χ0v) is 7.43. The molecule has 2 rings (SSSR count). The van der Waals surface area contributed by atoms with Crippen molar-refractivity contribution < 1.29 is 9.84 Å². The van der Waals surface area contributed by atoms with Crippen LogP contribution in [0.4, 0.5) is 0 Å². The van der Waals surface area contributed by atoms with Crippen LogP contribution < -0.4 is 4.74 Å². The van der Waals surface area contributed by atoms with Crippen molar-refractivity contribution >= 4 is 12.4 Å². The van der Waals surface area contributed by atoms with Crippen LogP contribution in [0.5, 0.6) is 11.5 Å². The number of aromatic hydroxyl groups is 1. The molecule has 1 aromatic rings. The lowest BCUT2D eigenvalue weighted by atomic mass is 10.1. The Balaban J connectivity index is 0.000000720. The van der Waals surface area contributed by atoms with Crippen LogP contribution in [0.1, 0.15) is 12.0 Å². The van der Waals surface area contributed by atoms with Gasteiger partial charge in [0.2, 0.25) is 0 Å². The SMILES string of the molecule is Cl.Oc1ccc2c(c1)CCCO2. The topological polar surface area (TPSA) is 29.5 Å². The summed E-state index contributed by atoms with van der Waals surface area (Å²) in [7, 11) is 0. The normalized spacial score (nSPS) is 14.0. The van der Waals surface area contributed by atoms with Gasteiger partial charge in [-0.05, 0) is 36.6 Å². The minimum Gasteiger partial charge on any atom is -0.508 e. The predicted octanol–water partition coefficient (Wildman–Crippen LogP) is 2.14. The minimum atomic E-state index is 0. The molecule has 0 amide bonds. The Bertz CT molecular complexity index is 273. The molecule has 12 heavy (non-hydrogen) atoms. The third-order valence-corrected chi connectivity index (χ3v) is 1.89. The Morgan fingerprint density at radius 2 is 2.17 bits per heavy atom. The maximum Gasteiger partial charge on any atom is 0.122 e. The van der Waals surface area contributed by atoms with E-state index in [9.17, 15) is 0 Å². The highest BCUT2D eigenvalue weighted by atomic mass is 35.5. The number of phenols is 1. The molecule has 0 bridgehead atoms. The first kappa shape index (κ1) is 9.20. The Morgan fingerprint density at radius 3 is 3.00 bits per heavy atom. The fourth-order valence-corrected chi connectivity index (χ4v) is 1.35. The number of halogens is 1. The van der Waals surface area contributed by atoms with Gasteiger partial charge in [0.25, 0.3) is 0 Å². The van der Waals surface area contributed by atoms with Crippen molar-refractivity contribution in [2.24, 2.45) is 0 Å². The molecule has 0 atom stereocenters. The van der Waals surface area contributed by atoms with E-state index in [2.05, 4.69) is 0 Å². The summed E-state index contributed by atoms with van der Waals surface area (Å²) in [5, 5.41) is 9.13. The van der Waals surface area contributed by atoms with Crippen molar-refractivity contribution in [2.75, 3.05) is 6.61 Å². The molecule has 0 unspecified atom stereocenters. The second-order valence-corrected chi connectivity index (χ2v) is 2.74. The van der Waals surface area contributed by atoms with Crippen molar-refractivity contribution in [3.05, 3.63) is 23.8 Å². The smallest absolute Gasteiger partial charge is 0.122 e. The van der Waals surface area contributed by atoms with Crippen LogP contribution in [0.2, 0.25) is 0 Å². The molecule has 1 aliphatic heterocycles. The number of aryl methyl sites for hydroxylation is 1. The molecule has 0 saturated carbocycles. The first-order valence-electron chi connectivity index (χ1n) is 3.81. The summed E-state index contributed by atoms with van der Waals surface area (Å²) in [5.74, 6) is 1.25. The molecule has 1 heterocycles. The highest BCUT2D eigenvalue weighted by molar-refractivity contribution is 5.85. The molecular weight excluding hydrogens is 176 g/mol. The van der Waals surface area contributed by atoms with Gasteiger partial charge in [-0.15, -0.1) is 12.4 Å². The maximum atomic E-state index is 9.13. The predicted molar refractivity (Wildman–Crippen MR) is 49.2 cm³/mol. The molecule has 0 fully saturated rings. The number of fused-ring (bicyclic) bond motifs is 1. The number of phenolic OH excluding ortho intramolecular Hbond substituents is 1. The highest BCUT2D eigenvalue weighted by Gasteiger charge is 2.09. The van der Waals surface area contributed by atoms with Gasteiger partial charge in [-0.3, -0.25) is 0 Å². The van der Waals surface area contributed by atoms with Crippen molar-refractivity contribution in [3.63, 3.8) is 0 Å². The van der Waals surface area contributed by atoms with E-state index in [0.29, 0.717) is 5.75 Å². The van der Waals surface area contributed by atoms with Crippen molar-refractivity contribution in [1.82, 2.24) is 0 Å². The molecule has 0 spiro atoms. The monoisotopic (exact) mass is 186 g/mol. The van der Waals surface area contributed by atoms with E-state index in [4.69, 9.17) is 9.84 Å². The first-order chi connectivity index (χ1) is 5.36. The second-order valence-electron chi connectivity index (χ2n) is 2.74. The van der Waals surface area contributed by atoms with Crippen LogP contribution >= 0.6 is 12.4 Å². The van der Waals surface area contributed by atoms with E-state index in [1.807, 2.05) is 6.07 Å². The number of ether oxygens (including phenoxy) is 1. The van der Waals surface area contributed by atoms with Gasteiger partial charge in [-0.25, -0.2) is 0 Å². The molecule has 3 heteroatoms. The summed E-state index contributed by atoms with van der Waals surface area (Å²) in [6.07, 6.45) is 2.07. The van der Waals surface area contributed by atoms with Gasteiger partial charge in [-0.2, -0.15) is 0 Å². The zero-order chi connectivity index (χ0) is 7.68. The van der Waals surface area contributed by atoms with Gasteiger partial charge < -0.3 is 9.84 Å². The Morgan fingerprint density at radius 1 is 1.33 bits per heavy atom. The lowest BCUT2D eigenvalue weighted by molar-refractivity contribution is 0.287. The van der Waals surface area contributed by atoms with Gasteiger partial charge in [0.1, 0.15) is 11.5 Å². The number of hydrogen-bond donors (Lipinski definition) is 1. The van der Waals surface area contributed by atoms with E-state index >= 15 is 0 Å². The first-order valence-corrected chi connectivity index (χ1v) is 3.81. The fourth-order valence-electron chi connectivity index (χ4n) is 1.35. The quantitative estimate of drug-likeness (QED) is 0.673. The van der Waals surface area contributed by atoms with Crippen LogP contribution in [-0.2, 0) is 6.42 Å². The molecule has 66 valence electrons. The molecule has 2 nitrogen and oxygen atoms in total. The number of benzene rings is 1. The second kappa shape index (κ2) is 3.68. The van der Waals surface area contributed by atoms with Crippen molar-refractivity contribution in [1.29, 1.82) is 0 Å². The van der Waals surface area contributed by atoms with Crippen LogP contribution in [0.15, 0.2) is 18.2 Å². The van der Waals surface area contributed by atoms with E-state index in [0.717, 1.165) is 30.8 Å². The molecule has 1 aromatic carbocycles. The van der Waals surface area contributed by atoms with E-state index in [1.165, 1.54) is 0 Å². The molecule has 0 aliphatic carbocycles. The maximum absolute atomic E-state index is 9.13. The lowest BCUT2D eigenvalue weighted by Gasteiger charge is -2.16. The molecule has 1 N–H and O–H groups in total. The van der Waals surface area contributed by atoms with Gasteiger partial charge in [0, 0.05) is 0 Å². The Labute approximate surface area is 77.6 Å². The van der Waals surface area contributed by atoms with E-state index in [-0.39, 0.29) is 12.4 Å². The van der Waals surface area contributed by atoms with E-state index in [1.54, 1.807) is 12.1 Å². The van der Waals surface area contributed by atoms with Gasteiger partial charge in [0.15, 0.2) is 0 Å². The number of rotatable bonds is 0. The highest BCUT2D eigenvalue weighted by Crippen LogP contribution is 2.27. The van der Waals surface area contributed by atoms with Gasteiger partial charge in [0.05, 0.1) is 6.61 Å². The third-order valence-electron chi connectivity index (χ3n) is 1.89. The van der Waals surface area contributed by atoms with Crippen LogP contribution in [0.3, 0.4) is 0 Å². The molecule has 1 aliphatic rings. The van der Waals surface area contributed by atoms with E-state index < -0.39 is 0 Å². The average molecular weight is 187 g/mol. The third kappa shape index (κ3) is 1.64. The lowest BCUT2D eigenvalue weighted by Crippen LogP contribution is -2.07. The molecule has 0 saturated heterocycles. The number of hydrogen-bond acceptors (Lipinski definition) is 2. The largest absolute Gasteiger partial charge is 0.508 e. The minimum absolute atomic E-state index is 0. The van der Waals surface area contributed by atoms with Crippen molar-refractivity contribution in [2.45, 2.75) is 12.8 Å². The van der Waals surface area contributed by atoms with Crippen LogP contribution in [0, 0.1) is 0 Å². The molecular formula is C9H11ClO2. The summed E-state index contributed by atoms with van der Waals surface area (Å²) in [4.78, 5) is 0. The average Bonchev–Trinajstić information content (AvgIpc) is 2.04. The standard InChI is InChI=1S/C9H10O2.ClH/c10-8-3-4-9-7(6-8)2-1-5-11-9;/h3-4,6,10H,1-2,5H2;1H. The summed E-state index contributed by atoms with van der Waals surface area (Å²) >= 11 is 0. The fraction of sp³-hybridized carbons (Fsp3) is 0.333. The van der Waals surface area contributed by atoms with Crippen LogP contribution in [-0.4, -0.2) is 11.7 Å². The summed E-state index contributed by atoms with van der Waals surface area (Å²) in [6.45, 7) is 0.803. The summed E-state index contributed by atoms with van der Waals surface area (Å²) < 4.78 is 5.37. The molecule has 0 radical (unpaired) electrons.